The van der Waals surface area contributed by atoms with E-state index in [9.17, 15) is 19.7 Å². The Labute approximate surface area is 173 Å². The van der Waals surface area contributed by atoms with Crippen molar-refractivity contribution in [3.05, 3.63) is 62.5 Å². The first-order chi connectivity index (χ1) is 14.3. The zero-order chi connectivity index (χ0) is 21.8. The van der Waals surface area contributed by atoms with Crippen molar-refractivity contribution in [1.29, 1.82) is 0 Å². The lowest BCUT2D eigenvalue weighted by Crippen LogP contribution is -2.33. The highest BCUT2D eigenvalue weighted by atomic mass is 16.6. The third kappa shape index (κ3) is 4.35. The van der Waals surface area contributed by atoms with Gasteiger partial charge < -0.3 is 19.5 Å². The number of nitrogens with one attached hydrogen (secondary N) is 1. The molecule has 2 atom stereocenters. The SMILES string of the molecule is COC(=O)C1=C(C)NC(C)=C(C(=O)OC[C@@H]2CCCO2)[C@H]1c1cccc([N+](=O)[O-])c1. The molecule has 0 bridgehead atoms. The van der Waals surface area contributed by atoms with Gasteiger partial charge in [-0.3, -0.25) is 10.1 Å². The molecular weight excluding hydrogens is 392 g/mol. The van der Waals surface area contributed by atoms with Gasteiger partial charge in [-0.25, -0.2) is 9.59 Å². The zero-order valence-electron chi connectivity index (χ0n) is 17.1. The highest BCUT2D eigenvalue weighted by molar-refractivity contribution is 5.99. The van der Waals surface area contributed by atoms with Gasteiger partial charge in [0.15, 0.2) is 0 Å². The predicted octanol–water partition coefficient (Wildman–Crippen LogP) is 2.72. The van der Waals surface area contributed by atoms with E-state index in [1.54, 1.807) is 19.9 Å². The van der Waals surface area contributed by atoms with Crippen LogP contribution in [0.5, 0.6) is 0 Å². The van der Waals surface area contributed by atoms with Gasteiger partial charge in [-0.05, 0) is 32.3 Å². The zero-order valence-corrected chi connectivity index (χ0v) is 17.1. The molecule has 160 valence electrons. The third-order valence-corrected chi connectivity index (χ3v) is 5.22. The number of esters is 2. The van der Waals surface area contributed by atoms with E-state index in [4.69, 9.17) is 14.2 Å². The number of nitrogens with zero attached hydrogens (tertiary/aromatic N) is 1. The van der Waals surface area contributed by atoms with Gasteiger partial charge in [-0.2, -0.15) is 0 Å². The van der Waals surface area contributed by atoms with Gasteiger partial charge in [0.1, 0.15) is 6.61 Å². The molecule has 2 aliphatic heterocycles. The predicted molar refractivity (Wildman–Crippen MR) is 106 cm³/mol. The average Bonchev–Trinajstić information content (AvgIpc) is 3.24. The quantitative estimate of drug-likeness (QED) is 0.427. The number of nitro groups is 1. The van der Waals surface area contributed by atoms with E-state index in [1.807, 2.05) is 0 Å². The number of hydrogen-bond donors (Lipinski definition) is 1. The molecule has 0 radical (unpaired) electrons. The Morgan fingerprint density at radius 3 is 2.53 bits per heavy atom. The van der Waals surface area contributed by atoms with Crippen LogP contribution in [0.4, 0.5) is 5.69 Å². The molecule has 0 unspecified atom stereocenters. The van der Waals surface area contributed by atoms with Crippen molar-refractivity contribution in [3.8, 4) is 0 Å². The van der Waals surface area contributed by atoms with Crippen LogP contribution in [0, 0.1) is 10.1 Å². The van der Waals surface area contributed by atoms with E-state index < -0.39 is 22.8 Å². The number of ether oxygens (including phenoxy) is 3. The summed E-state index contributed by atoms with van der Waals surface area (Å²) in [6.07, 6.45) is 1.57. The molecule has 0 aromatic heterocycles. The molecule has 2 heterocycles. The van der Waals surface area contributed by atoms with Crippen molar-refractivity contribution < 1.29 is 28.7 Å². The Balaban J connectivity index is 2.02. The third-order valence-electron chi connectivity index (χ3n) is 5.22. The second-order valence-electron chi connectivity index (χ2n) is 7.21. The van der Waals surface area contributed by atoms with Crippen LogP contribution in [0.3, 0.4) is 0 Å². The molecule has 3 rings (SSSR count). The molecular formula is C21H24N2O7. The van der Waals surface area contributed by atoms with Crippen molar-refractivity contribution in [3.63, 3.8) is 0 Å². The molecule has 30 heavy (non-hydrogen) atoms. The number of hydrogen-bond acceptors (Lipinski definition) is 8. The second kappa shape index (κ2) is 9.08. The maximum atomic E-state index is 13.0. The van der Waals surface area contributed by atoms with Crippen LogP contribution in [0.1, 0.15) is 38.2 Å². The monoisotopic (exact) mass is 416 g/mol. The van der Waals surface area contributed by atoms with Gasteiger partial charge in [-0.15, -0.1) is 0 Å². The number of carbonyl (C=O) groups excluding carboxylic acids is 2. The van der Waals surface area contributed by atoms with Crippen LogP contribution in [0.2, 0.25) is 0 Å². The number of benzene rings is 1. The first-order valence-electron chi connectivity index (χ1n) is 9.63. The minimum atomic E-state index is -0.865. The number of nitro benzene ring substituents is 1. The summed E-state index contributed by atoms with van der Waals surface area (Å²) < 4.78 is 15.9. The fourth-order valence-electron chi connectivity index (χ4n) is 3.82. The lowest BCUT2D eigenvalue weighted by Gasteiger charge is -2.30. The highest BCUT2D eigenvalue weighted by Crippen LogP contribution is 2.40. The molecule has 1 saturated heterocycles. The Morgan fingerprint density at radius 2 is 1.93 bits per heavy atom. The Bertz CT molecular complexity index is 929. The number of non-ortho nitro benzene ring substituents is 1. The maximum Gasteiger partial charge on any atom is 0.336 e. The summed E-state index contributed by atoms with van der Waals surface area (Å²) in [5.74, 6) is -2.11. The van der Waals surface area contributed by atoms with E-state index >= 15 is 0 Å². The number of rotatable bonds is 6. The highest BCUT2D eigenvalue weighted by Gasteiger charge is 2.38. The van der Waals surface area contributed by atoms with E-state index in [1.165, 1.54) is 25.3 Å². The molecule has 0 aliphatic carbocycles. The van der Waals surface area contributed by atoms with Crippen molar-refractivity contribution >= 4 is 17.6 Å². The Hall–Kier alpha value is -3.20. The molecule has 1 fully saturated rings. The topological polar surface area (TPSA) is 117 Å². The number of dihydropyridines is 1. The molecule has 1 aromatic carbocycles. The summed E-state index contributed by atoms with van der Waals surface area (Å²) >= 11 is 0. The number of carbonyl (C=O) groups is 2. The minimum absolute atomic E-state index is 0.105. The van der Waals surface area contributed by atoms with Crippen molar-refractivity contribution in [2.75, 3.05) is 20.3 Å². The van der Waals surface area contributed by atoms with Crippen molar-refractivity contribution in [1.82, 2.24) is 5.32 Å². The molecule has 2 aliphatic rings. The fraction of sp³-hybridized carbons (Fsp3) is 0.429. The van der Waals surface area contributed by atoms with Crippen LogP contribution in [0.15, 0.2) is 46.8 Å². The summed E-state index contributed by atoms with van der Waals surface area (Å²) in [5.41, 5.74) is 1.71. The molecule has 1 N–H and O–H groups in total. The van der Waals surface area contributed by atoms with Gasteiger partial charge in [0.05, 0.1) is 35.2 Å². The van der Waals surface area contributed by atoms with Crippen LogP contribution in [-0.2, 0) is 23.8 Å². The fourth-order valence-corrected chi connectivity index (χ4v) is 3.82. The molecule has 0 saturated carbocycles. The average molecular weight is 416 g/mol. The first-order valence-corrected chi connectivity index (χ1v) is 9.63. The Morgan fingerprint density at radius 1 is 1.23 bits per heavy atom. The standard InChI is InChI=1S/C21H24N2O7/c1-12-17(20(24)28-3)19(14-6-4-7-15(10-14)23(26)27)18(13(2)22-12)21(25)30-11-16-8-5-9-29-16/h4,6-7,10,16,19,22H,5,8-9,11H2,1-3H3/t16-,19-/m0/s1. The normalized spacial score (nSPS) is 21.3. The Kier molecular flexibility index (Phi) is 6.51. The van der Waals surface area contributed by atoms with E-state index in [-0.39, 0.29) is 29.5 Å². The second-order valence-corrected chi connectivity index (χ2v) is 7.21. The summed E-state index contributed by atoms with van der Waals surface area (Å²) in [7, 11) is 1.24. The van der Waals surface area contributed by atoms with Crippen LogP contribution in [0.25, 0.3) is 0 Å². The van der Waals surface area contributed by atoms with Crippen molar-refractivity contribution in [2.45, 2.75) is 38.7 Å². The lowest BCUT2D eigenvalue weighted by molar-refractivity contribution is -0.384. The van der Waals surface area contributed by atoms with Gasteiger partial charge in [0.25, 0.3) is 5.69 Å². The van der Waals surface area contributed by atoms with E-state index in [0.29, 0.717) is 23.6 Å². The lowest BCUT2D eigenvalue weighted by atomic mass is 9.80. The smallest absolute Gasteiger partial charge is 0.336 e. The summed E-state index contributed by atoms with van der Waals surface area (Å²) in [5, 5.41) is 14.3. The summed E-state index contributed by atoms with van der Waals surface area (Å²) in [6.45, 7) is 4.13. The van der Waals surface area contributed by atoms with Gasteiger partial charge >= 0.3 is 11.9 Å². The number of allylic oxidation sites excluding steroid dienone is 2. The summed E-state index contributed by atoms with van der Waals surface area (Å²) in [6, 6.07) is 5.86. The van der Waals surface area contributed by atoms with Crippen LogP contribution < -0.4 is 5.32 Å². The van der Waals surface area contributed by atoms with Crippen LogP contribution in [-0.4, -0.2) is 43.3 Å². The van der Waals surface area contributed by atoms with Gasteiger partial charge in [0.2, 0.25) is 0 Å². The van der Waals surface area contributed by atoms with E-state index in [2.05, 4.69) is 5.32 Å². The largest absolute Gasteiger partial charge is 0.466 e. The maximum absolute atomic E-state index is 13.0. The molecule has 0 spiro atoms. The minimum Gasteiger partial charge on any atom is -0.466 e. The first kappa shape index (κ1) is 21.5. The number of methoxy groups -OCH3 is 1. The molecule has 1 aromatic rings. The molecule has 0 amide bonds. The van der Waals surface area contributed by atoms with Gasteiger partial charge in [0, 0.05) is 30.1 Å². The van der Waals surface area contributed by atoms with E-state index in [0.717, 1.165) is 12.8 Å². The van der Waals surface area contributed by atoms with Crippen LogP contribution >= 0.6 is 0 Å². The summed E-state index contributed by atoms with van der Waals surface area (Å²) in [4.78, 5) is 36.4. The van der Waals surface area contributed by atoms with Crippen molar-refractivity contribution in [2.24, 2.45) is 0 Å². The molecule has 9 heteroatoms. The van der Waals surface area contributed by atoms with Gasteiger partial charge in [-0.1, -0.05) is 12.1 Å². The molecule has 9 nitrogen and oxygen atoms in total.